The molecule has 0 spiro atoms. The highest BCUT2D eigenvalue weighted by molar-refractivity contribution is 5.85. The van der Waals surface area contributed by atoms with Gasteiger partial charge in [-0.2, -0.15) is 13.2 Å². The van der Waals surface area contributed by atoms with E-state index in [2.05, 4.69) is 5.32 Å². The van der Waals surface area contributed by atoms with Gasteiger partial charge in [-0.15, -0.1) is 0 Å². The van der Waals surface area contributed by atoms with Gasteiger partial charge < -0.3 is 10.1 Å². The normalized spacial score (nSPS) is 12.3. The van der Waals surface area contributed by atoms with Gasteiger partial charge in [0.25, 0.3) is 0 Å². The molecule has 2 rings (SSSR count). The lowest BCUT2D eigenvalue weighted by Crippen LogP contribution is -2.42. The lowest BCUT2D eigenvalue weighted by Gasteiger charge is -2.16. The maximum atomic E-state index is 12.6. The van der Waals surface area contributed by atoms with Gasteiger partial charge in [-0.05, 0) is 42.5 Å². The summed E-state index contributed by atoms with van der Waals surface area (Å²) in [6, 6.07) is 13.3. The molecule has 28 heavy (non-hydrogen) atoms. The van der Waals surface area contributed by atoms with Gasteiger partial charge in [0.1, 0.15) is 6.04 Å². The first-order valence-electron chi connectivity index (χ1n) is 8.87. The van der Waals surface area contributed by atoms with E-state index in [4.69, 9.17) is 4.74 Å². The minimum absolute atomic E-state index is 0.121. The van der Waals surface area contributed by atoms with Crippen LogP contribution in [0, 0.1) is 0 Å². The average molecular weight is 393 g/mol. The number of methoxy groups -OCH3 is 1. The molecule has 1 N–H and O–H groups in total. The van der Waals surface area contributed by atoms with E-state index >= 15 is 0 Å². The highest BCUT2D eigenvalue weighted by atomic mass is 19.4. The summed E-state index contributed by atoms with van der Waals surface area (Å²) in [5.74, 6) is -0.997. The first-order chi connectivity index (χ1) is 13.3. The third-order valence-corrected chi connectivity index (χ3v) is 4.27. The van der Waals surface area contributed by atoms with Crippen molar-refractivity contribution in [2.45, 2.75) is 37.9 Å². The van der Waals surface area contributed by atoms with Crippen LogP contribution >= 0.6 is 0 Å². The first kappa shape index (κ1) is 21.5. The van der Waals surface area contributed by atoms with Crippen molar-refractivity contribution in [2.24, 2.45) is 0 Å². The summed E-state index contributed by atoms with van der Waals surface area (Å²) in [6.45, 7) is 0. The summed E-state index contributed by atoms with van der Waals surface area (Å²) < 4.78 is 42.5. The Labute approximate surface area is 161 Å². The van der Waals surface area contributed by atoms with E-state index in [1.54, 1.807) is 0 Å². The van der Waals surface area contributed by atoms with Crippen molar-refractivity contribution < 1.29 is 27.5 Å². The maximum Gasteiger partial charge on any atom is 0.416 e. The summed E-state index contributed by atoms with van der Waals surface area (Å²) in [5, 5.41) is 2.61. The van der Waals surface area contributed by atoms with Crippen LogP contribution in [-0.4, -0.2) is 25.0 Å². The minimum atomic E-state index is -4.42. The van der Waals surface area contributed by atoms with Gasteiger partial charge in [-0.3, -0.25) is 4.79 Å². The standard InChI is InChI=1S/C21H22F3NO3/c1-28-20(27)18(9-5-8-15-6-3-2-4-7-15)25-19(26)14-16-10-12-17(13-11-16)21(22,23)24/h2-4,6-7,10-13,18H,5,8-9,14H2,1H3,(H,25,26)/t18-/m0/s1. The Morgan fingerprint density at radius 2 is 1.64 bits per heavy atom. The van der Waals surface area contributed by atoms with E-state index in [9.17, 15) is 22.8 Å². The number of aryl methyl sites for hydroxylation is 1. The number of carbonyl (C=O) groups is 2. The van der Waals surface area contributed by atoms with Crippen LogP contribution in [0.25, 0.3) is 0 Å². The molecular formula is C21H22F3NO3. The molecule has 0 aliphatic carbocycles. The zero-order chi connectivity index (χ0) is 20.6. The summed E-state index contributed by atoms with van der Waals surface area (Å²) in [6.07, 6.45) is -2.71. The molecule has 2 aromatic carbocycles. The van der Waals surface area contributed by atoms with Crippen LogP contribution < -0.4 is 5.32 Å². The van der Waals surface area contributed by atoms with Crippen molar-refractivity contribution in [1.29, 1.82) is 0 Å². The molecule has 0 aliphatic rings. The van der Waals surface area contributed by atoms with Crippen LogP contribution in [0.15, 0.2) is 54.6 Å². The van der Waals surface area contributed by atoms with Crippen molar-refractivity contribution in [3.05, 3.63) is 71.3 Å². The number of ether oxygens (including phenoxy) is 1. The number of rotatable bonds is 8. The molecule has 0 aromatic heterocycles. The van der Waals surface area contributed by atoms with Crippen LogP contribution in [0.4, 0.5) is 13.2 Å². The van der Waals surface area contributed by atoms with Gasteiger partial charge in [-0.25, -0.2) is 4.79 Å². The molecule has 1 amide bonds. The molecule has 0 fully saturated rings. The van der Waals surface area contributed by atoms with Gasteiger partial charge in [0.05, 0.1) is 19.1 Å². The van der Waals surface area contributed by atoms with E-state index < -0.39 is 29.7 Å². The number of hydrogen-bond donors (Lipinski definition) is 1. The number of amides is 1. The minimum Gasteiger partial charge on any atom is -0.467 e. The molecule has 7 heteroatoms. The zero-order valence-electron chi connectivity index (χ0n) is 15.5. The monoisotopic (exact) mass is 393 g/mol. The van der Waals surface area contributed by atoms with Gasteiger partial charge in [0.2, 0.25) is 5.91 Å². The van der Waals surface area contributed by atoms with E-state index in [1.165, 1.54) is 19.2 Å². The van der Waals surface area contributed by atoms with Crippen LogP contribution in [0.3, 0.4) is 0 Å². The molecule has 0 bridgehead atoms. The smallest absolute Gasteiger partial charge is 0.416 e. The largest absolute Gasteiger partial charge is 0.467 e. The van der Waals surface area contributed by atoms with Crippen molar-refractivity contribution in [3.63, 3.8) is 0 Å². The van der Waals surface area contributed by atoms with Gasteiger partial charge in [0.15, 0.2) is 0 Å². The zero-order valence-corrected chi connectivity index (χ0v) is 15.5. The summed E-state index contributed by atoms with van der Waals surface area (Å²) in [4.78, 5) is 24.2. The third kappa shape index (κ3) is 6.72. The summed E-state index contributed by atoms with van der Waals surface area (Å²) in [7, 11) is 1.24. The average Bonchev–Trinajstić information content (AvgIpc) is 2.67. The van der Waals surface area contributed by atoms with Gasteiger partial charge >= 0.3 is 12.1 Å². The van der Waals surface area contributed by atoms with E-state index in [0.717, 1.165) is 24.1 Å². The Kier molecular flexibility index (Phi) is 7.61. The predicted molar refractivity (Wildman–Crippen MR) is 98.5 cm³/mol. The van der Waals surface area contributed by atoms with Crippen molar-refractivity contribution in [2.75, 3.05) is 7.11 Å². The number of benzene rings is 2. The molecule has 0 aliphatic heterocycles. The van der Waals surface area contributed by atoms with Crippen molar-refractivity contribution >= 4 is 11.9 Å². The van der Waals surface area contributed by atoms with Crippen LogP contribution in [0.5, 0.6) is 0 Å². The highest BCUT2D eigenvalue weighted by Gasteiger charge is 2.30. The molecule has 1 atom stereocenters. The second-order valence-electron chi connectivity index (χ2n) is 6.39. The maximum absolute atomic E-state index is 12.6. The second-order valence-corrected chi connectivity index (χ2v) is 6.39. The quantitative estimate of drug-likeness (QED) is 0.692. The fraction of sp³-hybridized carbons (Fsp3) is 0.333. The predicted octanol–water partition coefficient (Wildman–Crippen LogP) is 3.93. The Bertz CT molecular complexity index is 774. The van der Waals surface area contributed by atoms with Gasteiger partial charge in [-0.1, -0.05) is 42.5 Å². The molecule has 4 nitrogen and oxygen atoms in total. The summed E-state index contributed by atoms with van der Waals surface area (Å²) >= 11 is 0. The summed E-state index contributed by atoms with van der Waals surface area (Å²) in [5.41, 5.74) is 0.783. The lowest BCUT2D eigenvalue weighted by molar-refractivity contribution is -0.145. The first-order valence-corrected chi connectivity index (χ1v) is 8.87. The Balaban J connectivity index is 1.90. The lowest BCUT2D eigenvalue weighted by atomic mass is 10.0. The fourth-order valence-corrected chi connectivity index (χ4v) is 2.79. The molecular weight excluding hydrogens is 371 g/mol. The van der Waals surface area contributed by atoms with E-state index in [0.29, 0.717) is 18.4 Å². The molecule has 0 heterocycles. The number of esters is 1. The number of nitrogens with one attached hydrogen (secondary N) is 1. The van der Waals surface area contributed by atoms with Crippen molar-refractivity contribution in [1.82, 2.24) is 5.32 Å². The van der Waals surface area contributed by atoms with Crippen LogP contribution in [-0.2, 0) is 33.3 Å². The molecule has 2 aromatic rings. The molecule has 0 radical (unpaired) electrons. The Morgan fingerprint density at radius 1 is 1.00 bits per heavy atom. The second kappa shape index (κ2) is 9.92. The molecule has 0 saturated heterocycles. The van der Waals surface area contributed by atoms with Crippen LogP contribution in [0.2, 0.25) is 0 Å². The number of hydrogen-bond acceptors (Lipinski definition) is 3. The Morgan fingerprint density at radius 3 is 2.21 bits per heavy atom. The highest BCUT2D eigenvalue weighted by Crippen LogP contribution is 2.29. The van der Waals surface area contributed by atoms with E-state index in [1.807, 2.05) is 30.3 Å². The number of alkyl halides is 3. The number of halogens is 3. The third-order valence-electron chi connectivity index (χ3n) is 4.27. The van der Waals surface area contributed by atoms with Gasteiger partial charge in [0, 0.05) is 0 Å². The Hall–Kier alpha value is -2.83. The molecule has 0 saturated carbocycles. The van der Waals surface area contributed by atoms with Crippen LogP contribution in [0.1, 0.15) is 29.5 Å². The number of carbonyl (C=O) groups excluding carboxylic acids is 2. The fourth-order valence-electron chi connectivity index (χ4n) is 2.79. The van der Waals surface area contributed by atoms with Crippen molar-refractivity contribution in [3.8, 4) is 0 Å². The molecule has 0 unspecified atom stereocenters. The topological polar surface area (TPSA) is 55.4 Å². The van der Waals surface area contributed by atoms with E-state index in [-0.39, 0.29) is 6.42 Å². The molecule has 150 valence electrons. The SMILES string of the molecule is COC(=O)[C@H](CCCc1ccccc1)NC(=O)Cc1ccc(C(F)(F)F)cc1.